The van der Waals surface area contributed by atoms with Crippen molar-refractivity contribution < 1.29 is 29.1 Å². The highest BCUT2D eigenvalue weighted by molar-refractivity contribution is 6.46. The molecule has 1 N–H and O–H groups in total. The van der Waals surface area contributed by atoms with E-state index in [1.165, 1.54) is 19.1 Å². The number of aryl methyl sites for hydroxylation is 1. The monoisotopic (exact) mass is 424 g/mol. The van der Waals surface area contributed by atoms with Crippen LogP contribution in [0.4, 0.5) is 0 Å². The van der Waals surface area contributed by atoms with E-state index < -0.39 is 23.5 Å². The molecule has 1 heterocycles. The first-order chi connectivity index (χ1) is 14.8. The molecule has 164 valence electrons. The summed E-state index contributed by atoms with van der Waals surface area (Å²) in [6.45, 7) is 2.86. The molecule has 1 aliphatic rings. The zero-order chi connectivity index (χ0) is 22.7. The van der Waals surface area contributed by atoms with E-state index in [2.05, 4.69) is 0 Å². The molecule has 1 fully saturated rings. The molecule has 7 nitrogen and oxygen atoms in total. The average Bonchev–Trinajstić information content (AvgIpc) is 3.01. The Morgan fingerprint density at radius 3 is 2.32 bits per heavy atom. The van der Waals surface area contributed by atoms with Crippen molar-refractivity contribution >= 4 is 17.4 Å². The van der Waals surface area contributed by atoms with Gasteiger partial charge in [0.2, 0.25) is 5.78 Å². The maximum atomic E-state index is 13.4. The van der Waals surface area contributed by atoms with Gasteiger partial charge < -0.3 is 24.4 Å². The van der Waals surface area contributed by atoms with Crippen molar-refractivity contribution in [3.8, 4) is 11.5 Å². The van der Waals surface area contributed by atoms with Crippen molar-refractivity contribution in [1.82, 2.24) is 4.90 Å². The number of rotatable bonds is 7. The molecule has 0 radical (unpaired) electrons. The number of ether oxygens (including phenoxy) is 2. The summed E-state index contributed by atoms with van der Waals surface area (Å²) < 4.78 is 10.9. The lowest BCUT2D eigenvalue weighted by Gasteiger charge is -2.29. The molecule has 0 aliphatic carbocycles. The minimum atomic E-state index is -0.849. The molecule has 1 atom stereocenters. The summed E-state index contributed by atoms with van der Waals surface area (Å²) >= 11 is 0. The maximum absolute atomic E-state index is 13.4. The lowest BCUT2D eigenvalue weighted by molar-refractivity contribution is -0.857. The zero-order valence-electron chi connectivity index (χ0n) is 18.5. The van der Waals surface area contributed by atoms with E-state index in [9.17, 15) is 14.7 Å². The van der Waals surface area contributed by atoms with E-state index in [0.29, 0.717) is 35.7 Å². The quantitative estimate of drug-likeness (QED) is 0.395. The van der Waals surface area contributed by atoms with Gasteiger partial charge in [0, 0.05) is 11.1 Å². The molecule has 1 unspecified atom stereocenters. The molecule has 2 aromatic rings. The van der Waals surface area contributed by atoms with Gasteiger partial charge in [-0.3, -0.25) is 9.59 Å². The number of hydrogen-bond donors (Lipinski definition) is 1. The summed E-state index contributed by atoms with van der Waals surface area (Å²) in [5, 5.41) is 13.4. The van der Waals surface area contributed by atoms with Crippen LogP contribution in [0.2, 0.25) is 0 Å². The van der Waals surface area contributed by atoms with Gasteiger partial charge in [0.05, 0.1) is 47.4 Å². The highest BCUT2D eigenvalue weighted by Crippen LogP contribution is 2.43. The van der Waals surface area contributed by atoms with Gasteiger partial charge in [-0.15, -0.1) is 0 Å². The number of Topliss-reactive ketones (excluding diaryl/α,β-unsaturated/α-hetero) is 1. The van der Waals surface area contributed by atoms with Crippen LogP contribution in [0.5, 0.6) is 11.5 Å². The van der Waals surface area contributed by atoms with Crippen LogP contribution in [0.3, 0.4) is 0 Å². The number of likely N-dealkylation sites (N-methyl/N-ethyl adjacent to an activating group) is 1. The van der Waals surface area contributed by atoms with E-state index in [1.807, 2.05) is 33.2 Å². The van der Waals surface area contributed by atoms with Gasteiger partial charge in [-0.25, -0.2) is 0 Å². The Hall–Kier alpha value is -3.32. The number of benzene rings is 2. The number of amides is 1. The Bertz CT molecular complexity index is 1010. The molecule has 31 heavy (non-hydrogen) atoms. The third kappa shape index (κ3) is 4.41. The van der Waals surface area contributed by atoms with Gasteiger partial charge >= 0.3 is 0 Å². The molecular weight excluding hydrogens is 396 g/mol. The molecule has 3 rings (SSSR count). The molecule has 0 aromatic heterocycles. The summed E-state index contributed by atoms with van der Waals surface area (Å²) in [5.74, 6) is -0.874. The molecule has 0 saturated carbocycles. The molecule has 2 aromatic carbocycles. The Morgan fingerprint density at radius 2 is 1.74 bits per heavy atom. The Labute approximate surface area is 182 Å². The summed E-state index contributed by atoms with van der Waals surface area (Å²) in [6, 6.07) is 11.3. The Kier molecular flexibility index (Phi) is 6.65. The molecule has 1 amide bonds. The Balaban J connectivity index is 2.23. The predicted molar refractivity (Wildman–Crippen MR) is 115 cm³/mol. The number of ketones is 1. The fourth-order valence-electron chi connectivity index (χ4n) is 3.68. The number of methoxy groups -OCH3 is 2. The summed E-state index contributed by atoms with van der Waals surface area (Å²) in [6.07, 6.45) is 0. The van der Waals surface area contributed by atoms with Gasteiger partial charge in [0.15, 0.2) is 0 Å². The fourth-order valence-corrected chi connectivity index (χ4v) is 3.68. The predicted octanol–water partition coefficient (Wildman–Crippen LogP) is 0.381. The topological polar surface area (TPSA) is 83.3 Å². The number of nitrogens with zero attached hydrogens (tertiary/aromatic N) is 1. The SMILES string of the molecule is COc1ccc(OC)c(C2C(=C([O-])c3ccc(C)cc3)C(=O)C(=O)N2CC[NH+](C)C)c1. The summed E-state index contributed by atoms with van der Waals surface area (Å²) in [7, 11) is 6.97. The molecule has 0 spiro atoms. The first kappa shape index (κ1) is 22.4. The molecular formula is C24H28N2O5. The second-order valence-electron chi connectivity index (χ2n) is 7.90. The van der Waals surface area contributed by atoms with Crippen LogP contribution in [-0.2, 0) is 9.59 Å². The normalized spacial score (nSPS) is 18.0. The smallest absolute Gasteiger partial charge is 0.295 e. The van der Waals surface area contributed by atoms with Crippen LogP contribution >= 0.6 is 0 Å². The molecule has 1 saturated heterocycles. The number of nitrogens with one attached hydrogen (secondary N) is 1. The minimum Gasteiger partial charge on any atom is -0.872 e. The highest BCUT2D eigenvalue weighted by atomic mass is 16.5. The fraction of sp³-hybridized carbons (Fsp3) is 0.333. The lowest BCUT2D eigenvalue weighted by atomic mass is 9.94. The van der Waals surface area contributed by atoms with E-state index in [4.69, 9.17) is 9.47 Å². The van der Waals surface area contributed by atoms with Gasteiger partial charge in [-0.2, -0.15) is 0 Å². The maximum Gasteiger partial charge on any atom is 0.295 e. The van der Waals surface area contributed by atoms with Crippen molar-refractivity contribution in [3.05, 3.63) is 64.7 Å². The molecule has 0 bridgehead atoms. The summed E-state index contributed by atoms with van der Waals surface area (Å²) in [4.78, 5) is 28.6. The number of likely N-dealkylation sites (tertiary alicyclic amines) is 1. The lowest BCUT2D eigenvalue weighted by Crippen LogP contribution is -3.06. The van der Waals surface area contributed by atoms with E-state index in [-0.39, 0.29) is 5.57 Å². The first-order valence-electron chi connectivity index (χ1n) is 10.1. The second kappa shape index (κ2) is 9.22. The third-order valence-electron chi connectivity index (χ3n) is 5.43. The van der Waals surface area contributed by atoms with Crippen LogP contribution in [0, 0.1) is 6.92 Å². The van der Waals surface area contributed by atoms with Gasteiger partial charge in [0.1, 0.15) is 11.5 Å². The van der Waals surface area contributed by atoms with Crippen LogP contribution in [-0.4, -0.2) is 58.0 Å². The highest BCUT2D eigenvalue weighted by Gasteiger charge is 2.45. The first-order valence-corrected chi connectivity index (χ1v) is 10.1. The van der Waals surface area contributed by atoms with E-state index in [0.717, 1.165) is 10.5 Å². The number of quaternary nitrogens is 1. The van der Waals surface area contributed by atoms with Crippen molar-refractivity contribution in [2.75, 3.05) is 41.4 Å². The van der Waals surface area contributed by atoms with Crippen molar-refractivity contribution in [2.24, 2.45) is 0 Å². The number of carbonyl (C=O) groups excluding carboxylic acids is 2. The number of carbonyl (C=O) groups is 2. The standard InChI is InChI=1S/C24H28N2O5/c1-15-6-8-16(9-7-15)22(27)20-21(18-14-17(30-4)10-11-19(18)31-5)26(13-12-25(2)3)24(29)23(20)28/h6-11,14,21,27H,12-13H2,1-5H3. The Morgan fingerprint density at radius 1 is 1.06 bits per heavy atom. The zero-order valence-corrected chi connectivity index (χ0v) is 18.5. The second-order valence-corrected chi connectivity index (χ2v) is 7.90. The van der Waals surface area contributed by atoms with Gasteiger partial charge in [-0.05, 0) is 30.7 Å². The molecule has 7 heteroatoms. The van der Waals surface area contributed by atoms with E-state index in [1.54, 1.807) is 30.3 Å². The van der Waals surface area contributed by atoms with Crippen LogP contribution in [0.1, 0.15) is 22.7 Å². The van der Waals surface area contributed by atoms with E-state index >= 15 is 0 Å². The largest absolute Gasteiger partial charge is 0.872 e. The van der Waals surface area contributed by atoms with Crippen molar-refractivity contribution in [2.45, 2.75) is 13.0 Å². The van der Waals surface area contributed by atoms with Crippen LogP contribution < -0.4 is 19.5 Å². The third-order valence-corrected chi connectivity index (χ3v) is 5.43. The average molecular weight is 424 g/mol. The van der Waals surface area contributed by atoms with Gasteiger partial charge in [-0.1, -0.05) is 35.6 Å². The van der Waals surface area contributed by atoms with Crippen molar-refractivity contribution in [1.29, 1.82) is 0 Å². The van der Waals surface area contributed by atoms with Crippen LogP contribution in [0.25, 0.3) is 5.76 Å². The molecule has 1 aliphatic heterocycles. The van der Waals surface area contributed by atoms with Crippen molar-refractivity contribution in [3.63, 3.8) is 0 Å². The minimum absolute atomic E-state index is 0.0610. The van der Waals surface area contributed by atoms with Gasteiger partial charge in [0.25, 0.3) is 5.91 Å². The van der Waals surface area contributed by atoms with Crippen LogP contribution in [0.15, 0.2) is 48.0 Å². The number of hydrogen-bond acceptors (Lipinski definition) is 5. The summed E-state index contributed by atoms with van der Waals surface area (Å²) in [5.41, 5.74) is 1.85.